The van der Waals surface area contributed by atoms with E-state index in [-0.39, 0.29) is 5.91 Å². The normalized spacial score (nSPS) is 10.2. The van der Waals surface area contributed by atoms with Crippen LogP contribution in [-0.4, -0.2) is 32.7 Å². The summed E-state index contributed by atoms with van der Waals surface area (Å²) < 4.78 is 5.87. The van der Waals surface area contributed by atoms with E-state index in [9.17, 15) is 4.79 Å². The topological polar surface area (TPSA) is 50.4 Å². The van der Waals surface area contributed by atoms with Crippen LogP contribution < -0.4 is 15.4 Å². The molecular formula is C13H19BrN2O2. The number of nitrogens with one attached hydrogen (secondary N) is 2. The first-order valence-corrected chi connectivity index (χ1v) is 6.80. The Morgan fingerprint density at radius 1 is 1.33 bits per heavy atom. The van der Waals surface area contributed by atoms with Crippen LogP contribution in [0.5, 0.6) is 5.75 Å². The van der Waals surface area contributed by atoms with Crippen molar-refractivity contribution < 1.29 is 9.53 Å². The predicted molar refractivity (Wildman–Crippen MR) is 76.2 cm³/mol. The van der Waals surface area contributed by atoms with Crippen LogP contribution in [0.4, 0.5) is 0 Å². The van der Waals surface area contributed by atoms with E-state index < -0.39 is 0 Å². The number of rotatable bonds is 7. The second-order valence-corrected chi connectivity index (χ2v) is 4.71. The van der Waals surface area contributed by atoms with Gasteiger partial charge in [-0.3, -0.25) is 4.79 Å². The minimum atomic E-state index is -0.0981. The molecule has 0 saturated carbocycles. The zero-order chi connectivity index (χ0) is 13.4. The highest BCUT2D eigenvalue weighted by atomic mass is 79.9. The molecule has 5 heteroatoms. The number of carbonyl (C=O) groups is 1. The first kappa shape index (κ1) is 15.0. The van der Waals surface area contributed by atoms with Crippen molar-refractivity contribution in [2.24, 2.45) is 0 Å². The lowest BCUT2D eigenvalue weighted by Crippen LogP contribution is -2.32. The highest BCUT2D eigenvalue weighted by Crippen LogP contribution is 2.22. The van der Waals surface area contributed by atoms with Crippen molar-refractivity contribution in [2.75, 3.05) is 26.7 Å². The summed E-state index contributed by atoms with van der Waals surface area (Å²) in [5, 5.41) is 6.09. The number of halogens is 1. The Kier molecular flexibility index (Phi) is 6.75. The summed E-state index contributed by atoms with van der Waals surface area (Å²) in [6.45, 7) is 4.47. The van der Waals surface area contributed by atoms with Crippen LogP contribution in [0.1, 0.15) is 23.7 Å². The zero-order valence-corrected chi connectivity index (χ0v) is 12.3. The molecule has 2 N–H and O–H groups in total. The average Bonchev–Trinajstić information content (AvgIpc) is 2.39. The van der Waals surface area contributed by atoms with Gasteiger partial charge in [-0.25, -0.2) is 0 Å². The molecule has 0 heterocycles. The Morgan fingerprint density at radius 2 is 2.11 bits per heavy atom. The highest BCUT2D eigenvalue weighted by Gasteiger charge is 2.10. The summed E-state index contributed by atoms with van der Waals surface area (Å²) >= 11 is 3.36. The third kappa shape index (κ3) is 4.66. The van der Waals surface area contributed by atoms with Crippen molar-refractivity contribution in [1.29, 1.82) is 0 Å². The van der Waals surface area contributed by atoms with E-state index in [0.717, 1.165) is 24.0 Å². The van der Waals surface area contributed by atoms with Crippen LogP contribution >= 0.6 is 15.9 Å². The Hall–Kier alpha value is -1.07. The third-order valence-corrected chi connectivity index (χ3v) is 3.12. The summed E-state index contributed by atoms with van der Waals surface area (Å²) in [6.07, 6.45) is 1.09. The molecular weight excluding hydrogens is 296 g/mol. The number of carbonyl (C=O) groups excluding carboxylic acids is 1. The van der Waals surface area contributed by atoms with E-state index >= 15 is 0 Å². The molecule has 0 aromatic heterocycles. The standard InChI is InChI=1S/C13H19BrN2O2/c1-3-6-15-7-8-16-13(17)11-9-10(18-2)4-5-12(11)14/h4-5,9,15H,3,6-8H2,1-2H3,(H,16,17). The fraction of sp³-hybridized carbons (Fsp3) is 0.462. The lowest BCUT2D eigenvalue weighted by molar-refractivity contribution is 0.0953. The molecule has 18 heavy (non-hydrogen) atoms. The summed E-state index contributed by atoms with van der Waals surface area (Å²) in [7, 11) is 1.58. The van der Waals surface area contributed by atoms with Gasteiger partial charge >= 0.3 is 0 Å². The molecule has 1 aromatic rings. The van der Waals surface area contributed by atoms with Crippen LogP contribution in [0, 0.1) is 0 Å². The number of ether oxygens (including phenoxy) is 1. The molecule has 0 radical (unpaired) electrons. The second kappa shape index (κ2) is 8.11. The maximum absolute atomic E-state index is 11.9. The van der Waals surface area contributed by atoms with Crippen LogP contribution in [0.2, 0.25) is 0 Å². The summed E-state index contributed by atoms with van der Waals surface area (Å²) in [4.78, 5) is 11.9. The van der Waals surface area contributed by atoms with Crippen molar-refractivity contribution in [3.8, 4) is 5.75 Å². The van der Waals surface area contributed by atoms with Crippen LogP contribution in [0.3, 0.4) is 0 Å². The molecule has 0 atom stereocenters. The highest BCUT2D eigenvalue weighted by molar-refractivity contribution is 9.10. The van der Waals surface area contributed by atoms with Gasteiger partial charge in [-0.15, -0.1) is 0 Å². The average molecular weight is 315 g/mol. The first-order valence-electron chi connectivity index (χ1n) is 6.01. The van der Waals surface area contributed by atoms with E-state index in [1.165, 1.54) is 0 Å². The van der Waals surface area contributed by atoms with Crippen LogP contribution in [0.25, 0.3) is 0 Å². The van der Waals surface area contributed by atoms with Gasteiger partial charge in [0.05, 0.1) is 12.7 Å². The van der Waals surface area contributed by atoms with Gasteiger partial charge in [-0.05, 0) is 47.1 Å². The molecule has 0 aliphatic rings. The van der Waals surface area contributed by atoms with Gasteiger partial charge in [-0.1, -0.05) is 6.92 Å². The maximum atomic E-state index is 11.9. The fourth-order valence-corrected chi connectivity index (χ4v) is 1.89. The number of hydrogen-bond donors (Lipinski definition) is 2. The molecule has 0 spiro atoms. The number of hydrogen-bond acceptors (Lipinski definition) is 3. The monoisotopic (exact) mass is 314 g/mol. The third-order valence-electron chi connectivity index (χ3n) is 2.43. The number of benzene rings is 1. The van der Waals surface area contributed by atoms with Crippen molar-refractivity contribution in [3.63, 3.8) is 0 Å². The number of amides is 1. The molecule has 0 aliphatic heterocycles. The minimum Gasteiger partial charge on any atom is -0.497 e. The van der Waals surface area contributed by atoms with Crippen molar-refractivity contribution in [2.45, 2.75) is 13.3 Å². The molecule has 1 rings (SSSR count). The van der Waals surface area contributed by atoms with Gasteiger partial charge in [0.1, 0.15) is 5.75 Å². The fourth-order valence-electron chi connectivity index (χ4n) is 1.47. The van der Waals surface area contributed by atoms with Crippen LogP contribution in [-0.2, 0) is 0 Å². The Bertz CT molecular complexity index is 397. The first-order chi connectivity index (χ1) is 8.69. The lowest BCUT2D eigenvalue weighted by Gasteiger charge is -2.09. The quantitative estimate of drug-likeness (QED) is 0.758. The molecule has 0 fully saturated rings. The Balaban J connectivity index is 2.50. The summed E-state index contributed by atoms with van der Waals surface area (Å²) in [6, 6.07) is 5.34. The van der Waals surface area contributed by atoms with Gasteiger partial charge in [0, 0.05) is 17.6 Å². The maximum Gasteiger partial charge on any atom is 0.252 e. The molecule has 1 aromatic carbocycles. The SMILES string of the molecule is CCCNCCNC(=O)c1cc(OC)ccc1Br. The van der Waals surface area contributed by atoms with Gasteiger partial charge in [0.15, 0.2) is 0 Å². The summed E-state index contributed by atoms with van der Waals surface area (Å²) in [5.74, 6) is 0.575. The molecule has 4 nitrogen and oxygen atoms in total. The molecule has 0 aliphatic carbocycles. The Morgan fingerprint density at radius 3 is 2.78 bits per heavy atom. The minimum absolute atomic E-state index is 0.0981. The smallest absolute Gasteiger partial charge is 0.252 e. The molecule has 0 bridgehead atoms. The van der Waals surface area contributed by atoms with Gasteiger partial charge in [0.25, 0.3) is 5.91 Å². The zero-order valence-electron chi connectivity index (χ0n) is 10.8. The summed E-state index contributed by atoms with van der Waals surface area (Å²) in [5.41, 5.74) is 0.588. The van der Waals surface area contributed by atoms with E-state index in [1.54, 1.807) is 13.2 Å². The predicted octanol–water partition coefficient (Wildman–Crippen LogP) is 2.19. The lowest BCUT2D eigenvalue weighted by atomic mass is 10.2. The van der Waals surface area contributed by atoms with Crippen molar-refractivity contribution in [1.82, 2.24) is 10.6 Å². The molecule has 100 valence electrons. The van der Waals surface area contributed by atoms with E-state index in [1.807, 2.05) is 12.1 Å². The van der Waals surface area contributed by atoms with Gasteiger partial charge in [-0.2, -0.15) is 0 Å². The van der Waals surface area contributed by atoms with Crippen molar-refractivity contribution >= 4 is 21.8 Å². The van der Waals surface area contributed by atoms with Gasteiger partial charge < -0.3 is 15.4 Å². The van der Waals surface area contributed by atoms with E-state index in [2.05, 4.69) is 33.5 Å². The van der Waals surface area contributed by atoms with Crippen LogP contribution in [0.15, 0.2) is 22.7 Å². The molecule has 1 amide bonds. The second-order valence-electron chi connectivity index (χ2n) is 3.85. The number of methoxy groups -OCH3 is 1. The molecule has 0 unspecified atom stereocenters. The van der Waals surface area contributed by atoms with E-state index in [0.29, 0.717) is 17.9 Å². The Labute approximate surface area is 116 Å². The van der Waals surface area contributed by atoms with E-state index in [4.69, 9.17) is 4.74 Å². The van der Waals surface area contributed by atoms with Gasteiger partial charge in [0.2, 0.25) is 0 Å². The van der Waals surface area contributed by atoms with Crippen molar-refractivity contribution in [3.05, 3.63) is 28.2 Å². The molecule has 0 saturated heterocycles. The largest absolute Gasteiger partial charge is 0.497 e.